The lowest BCUT2D eigenvalue weighted by molar-refractivity contribution is -0.0214. The van der Waals surface area contributed by atoms with Crippen LogP contribution in [-0.2, 0) is 15.9 Å². The topological polar surface area (TPSA) is 18.5 Å². The lowest BCUT2D eigenvalue weighted by atomic mass is 9.90. The van der Waals surface area contributed by atoms with E-state index < -0.39 is 29.4 Å². The lowest BCUT2D eigenvalue weighted by Gasteiger charge is -2.29. The molecule has 0 aliphatic carbocycles. The Balaban J connectivity index is 1.44. The van der Waals surface area contributed by atoms with E-state index in [-0.39, 0.29) is 28.4 Å². The monoisotopic (exact) mass is 504 g/mol. The van der Waals surface area contributed by atoms with Gasteiger partial charge in [-0.2, -0.15) is 0 Å². The number of aryl methyl sites for hydroxylation is 1. The molecule has 196 valence electrons. The van der Waals surface area contributed by atoms with Crippen molar-refractivity contribution in [3.8, 4) is 11.1 Å². The Morgan fingerprint density at radius 1 is 0.806 bits per heavy atom. The third-order valence-electron chi connectivity index (χ3n) is 7.58. The smallest absolute Gasteiger partial charge is 0.167 e. The first-order valence-corrected chi connectivity index (χ1v) is 13.2. The Morgan fingerprint density at radius 3 is 2.19 bits per heavy atom. The van der Waals surface area contributed by atoms with Gasteiger partial charge in [-0.3, -0.25) is 0 Å². The summed E-state index contributed by atoms with van der Waals surface area (Å²) in [5.74, 6) is -3.56. The third kappa shape index (κ3) is 6.03. The first kappa shape index (κ1) is 26.9. The Labute approximate surface area is 211 Å². The highest BCUT2D eigenvalue weighted by Gasteiger charge is 2.28. The van der Waals surface area contributed by atoms with Gasteiger partial charge in [-0.05, 0) is 63.4 Å². The van der Waals surface area contributed by atoms with Gasteiger partial charge in [-0.1, -0.05) is 49.8 Å². The number of ether oxygens (including phenoxy) is 2. The van der Waals surface area contributed by atoms with Gasteiger partial charge in [-0.25, -0.2) is 17.6 Å². The van der Waals surface area contributed by atoms with Crippen LogP contribution in [-0.4, -0.2) is 19.3 Å². The van der Waals surface area contributed by atoms with Crippen molar-refractivity contribution >= 4 is 0 Å². The Bertz CT molecular complexity index is 1050. The summed E-state index contributed by atoms with van der Waals surface area (Å²) in [6.45, 7) is 5.25. The molecule has 0 aromatic heterocycles. The average molecular weight is 505 g/mol. The predicted molar refractivity (Wildman–Crippen MR) is 134 cm³/mol. The molecule has 2 aromatic carbocycles. The molecule has 0 amide bonds. The van der Waals surface area contributed by atoms with Crippen molar-refractivity contribution < 1.29 is 27.0 Å². The zero-order valence-corrected chi connectivity index (χ0v) is 21.2. The van der Waals surface area contributed by atoms with E-state index in [1.54, 1.807) is 0 Å². The molecular formula is C30H36F4O2. The molecule has 0 saturated carbocycles. The second-order valence-corrected chi connectivity index (χ2v) is 10.1. The molecule has 2 aliphatic heterocycles. The number of rotatable bonds is 8. The van der Waals surface area contributed by atoms with Crippen molar-refractivity contribution in [3.63, 3.8) is 0 Å². The highest BCUT2D eigenvalue weighted by molar-refractivity contribution is 5.66. The maximum Gasteiger partial charge on any atom is 0.167 e. The van der Waals surface area contributed by atoms with Gasteiger partial charge in [0.15, 0.2) is 23.3 Å². The SMILES string of the molecule is C/C=C/C1CCC(CCc2ccc(-c3ccc(C4CCC(CCC)CO4)c(F)c3F)c(F)c2F)OC1. The number of hydrogen-bond donors (Lipinski definition) is 0. The predicted octanol–water partition coefficient (Wildman–Crippen LogP) is 8.48. The summed E-state index contributed by atoms with van der Waals surface area (Å²) in [6.07, 6.45) is 10.0. The molecule has 0 N–H and O–H groups in total. The van der Waals surface area contributed by atoms with E-state index >= 15 is 13.2 Å². The van der Waals surface area contributed by atoms with Crippen LogP contribution in [0.15, 0.2) is 36.4 Å². The van der Waals surface area contributed by atoms with Crippen LogP contribution in [0.2, 0.25) is 0 Å². The van der Waals surface area contributed by atoms with Gasteiger partial charge in [0.1, 0.15) is 0 Å². The van der Waals surface area contributed by atoms with E-state index in [1.807, 2.05) is 13.0 Å². The molecule has 4 unspecified atom stereocenters. The summed E-state index contributed by atoms with van der Waals surface area (Å²) in [7, 11) is 0. The van der Waals surface area contributed by atoms with E-state index in [1.165, 1.54) is 24.3 Å². The minimum Gasteiger partial charge on any atom is -0.378 e. The summed E-state index contributed by atoms with van der Waals surface area (Å²) < 4.78 is 71.6. The van der Waals surface area contributed by atoms with Gasteiger partial charge in [0, 0.05) is 22.6 Å². The molecular weight excluding hydrogens is 468 g/mol. The van der Waals surface area contributed by atoms with Crippen molar-refractivity contribution in [1.82, 2.24) is 0 Å². The first-order chi connectivity index (χ1) is 17.4. The fraction of sp³-hybridized carbons (Fsp3) is 0.533. The van der Waals surface area contributed by atoms with Gasteiger partial charge in [0.2, 0.25) is 0 Å². The van der Waals surface area contributed by atoms with Crippen LogP contribution < -0.4 is 0 Å². The maximum absolute atomic E-state index is 15.0. The van der Waals surface area contributed by atoms with Crippen molar-refractivity contribution in [3.05, 3.63) is 70.8 Å². The third-order valence-corrected chi connectivity index (χ3v) is 7.58. The molecule has 6 heteroatoms. The Hall–Kier alpha value is -2.18. The van der Waals surface area contributed by atoms with E-state index in [0.29, 0.717) is 44.3 Å². The number of allylic oxidation sites excluding steroid dienone is 1. The molecule has 0 radical (unpaired) electrons. The van der Waals surface area contributed by atoms with Crippen LogP contribution >= 0.6 is 0 Å². The minimum atomic E-state index is -1.18. The number of benzene rings is 2. The van der Waals surface area contributed by atoms with Crippen molar-refractivity contribution in [2.45, 2.75) is 77.4 Å². The van der Waals surface area contributed by atoms with Crippen LogP contribution in [0.1, 0.15) is 76.0 Å². The maximum atomic E-state index is 15.0. The van der Waals surface area contributed by atoms with E-state index in [2.05, 4.69) is 13.0 Å². The summed E-state index contributed by atoms with van der Waals surface area (Å²) in [4.78, 5) is 0. The fourth-order valence-electron chi connectivity index (χ4n) is 5.49. The Morgan fingerprint density at radius 2 is 1.56 bits per heavy atom. The quantitative estimate of drug-likeness (QED) is 0.265. The molecule has 2 aromatic rings. The second-order valence-electron chi connectivity index (χ2n) is 10.1. The van der Waals surface area contributed by atoms with Crippen LogP contribution in [0.4, 0.5) is 17.6 Å². The van der Waals surface area contributed by atoms with E-state index in [9.17, 15) is 4.39 Å². The zero-order valence-electron chi connectivity index (χ0n) is 21.2. The highest BCUT2D eigenvalue weighted by Crippen LogP contribution is 2.37. The lowest BCUT2D eigenvalue weighted by Crippen LogP contribution is -2.25. The summed E-state index contributed by atoms with van der Waals surface area (Å²) >= 11 is 0. The van der Waals surface area contributed by atoms with Crippen LogP contribution in [0.5, 0.6) is 0 Å². The van der Waals surface area contributed by atoms with E-state index in [0.717, 1.165) is 32.1 Å². The largest absolute Gasteiger partial charge is 0.378 e. The van der Waals surface area contributed by atoms with Gasteiger partial charge >= 0.3 is 0 Å². The molecule has 2 heterocycles. The Kier molecular flexibility index (Phi) is 9.24. The molecule has 36 heavy (non-hydrogen) atoms. The molecule has 2 aliphatic rings. The minimum absolute atomic E-state index is 0.00647. The van der Waals surface area contributed by atoms with Gasteiger partial charge in [0.05, 0.1) is 25.4 Å². The number of hydrogen-bond acceptors (Lipinski definition) is 2. The second kappa shape index (κ2) is 12.4. The zero-order chi connectivity index (χ0) is 25.7. The number of halogens is 4. The molecule has 4 atom stereocenters. The average Bonchev–Trinajstić information content (AvgIpc) is 2.89. The standard InChI is InChI=1S/C30H36F4O2/c1-3-5-19-7-11-22(35-17-19)12-9-21-10-13-23(28(32)27(21)31)24-14-15-25(30(34)29(24)33)26-16-8-20(6-4-2)18-36-26/h3,5,10,13-15,19-20,22,26H,4,6-9,11-12,16-18H2,1-2H3/b5-3+. The van der Waals surface area contributed by atoms with Crippen molar-refractivity contribution in [2.75, 3.05) is 13.2 Å². The first-order valence-electron chi connectivity index (χ1n) is 13.2. The van der Waals surface area contributed by atoms with Gasteiger partial charge < -0.3 is 9.47 Å². The highest BCUT2D eigenvalue weighted by atomic mass is 19.2. The summed E-state index contributed by atoms with van der Waals surface area (Å²) in [6, 6.07) is 5.55. The fourth-order valence-corrected chi connectivity index (χ4v) is 5.49. The van der Waals surface area contributed by atoms with Crippen LogP contribution in [0.3, 0.4) is 0 Å². The molecule has 0 bridgehead atoms. The van der Waals surface area contributed by atoms with Gasteiger partial charge in [0.25, 0.3) is 0 Å². The normalized spacial score (nSPS) is 24.9. The van der Waals surface area contributed by atoms with Crippen molar-refractivity contribution in [1.29, 1.82) is 0 Å². The molecule has 0 spiro atoms. The molecule has 2 fully saturated rings. The van der Waals surface area contributed by atoms with E-state index in [4.69, 9.17) is 9.47 Å². The molecule has 4 rings (SSSR count). The molecule has 2 nitrogen and oxygen atoms in total. The van der Waals surface area contributed by atoms with Crippen molar-refractivity contribution in [2.24, 2.45) is 11.8 Å². The van der Waals surface area contributed by atoms with Crippen LogP contribution in [0.25, 0.3) is 11.1 Å². The van der Waals surface area contributed by atoms with Crippen LogP contribution in [0, 0.1) is 35.1 Å². The summed E-state index contributed by atoms with van der Waals surface area (Å²) in [5, 5.41) is 0. The molecule has 2 saturated heterocycles. The van der Waals surface area contributed by atoms with Gasteiger partial charge in [-0.15, -0.1) is 0 Å². The summed E-state index contributed by atoms with van der Waals surface area (Å²) in [5.41, 5.74) is -0.225.